The zero-order chi connectivity index (χ0) is 12.9. The van der Waals surface area contributed by atoms with Crippen LogP contribution in [0.25, 0.3) is 0 Å². The SMILES string of the molecule is CCC(N)Cc1nccn1CCOC(F)(F)F. The van der Waals surface area contributed by atoms with Gasteiger partial charge in [0.05, 0.1) is 6.61 Å². The topological polar surface area (TPSA) is 53.1 Å². The minimum absolute atomic E-state index is 0.0281. The smallest absolute Gasteiger partial charge is 0.333 e. The lowest BCUT2D eigenvalue weighted by atomic mass is 10.1. The molecule has 98 valence electrons. The summed E-state index contributed by atoms with van der Waals surface area (Å²) in [5.74, 6) is 0.685. The van der Waals surface area contributed by atoms with E-state index in [1.165, 1.54) is 0 Å². The van der Waals surface area contributed by atoms with Crippen LogP contribution in [0.5, 0.6) is 0 Å². The van der Waals surface area contributed by atoms with Crippen molar-refractivity contribution in [3.63, 3.8) is 0 Å². The minimum atomic E-state index is -4.58. The maximum Gasteiger partial charge on any atom is 0.522 e. The highest BCUT2D eigenvalue weighted by Gasteiger charge is 2.28. The Morgan fingerprint density at radius 3 is 2.82 bits per heavy atom. The molecule has 1 atom stereocenters. The Morgan fingerprint density at radius 2 is 2.24 bits per heavy atom. The lowest BCUT2D eigenvalue weighted by Gasteiger charge is -2.12. The molecule has 0 aliphatic carbocycles. The third-order valence-electron chi connectivity index (χ3n) is 2.37. The molecule has 1 unspecified atom stereocenters. The van der Waals surface area contributed by atoms with E-state index in [1.54, 1.807) is 17.0 Å². The van der Waals surface area contributed by atoms with Crippen molar-refractivity contribution in [3.05, 3.63) is 18.2 Å². The van der Waals surface area contributed by atoms with Crippen LogP contribution in [0.3, 0.4) is 0 Å². The fourth-order valence-electron chi connectivity index (χ4n) is 1.37. The molecule has 0 aliphatic heterocycles. The largest absolute Gasteiger partial charge is 0.522 e. The van der Waals surface area contributed by atoms with E-state index in [9.17, 15) is 13.2 Å². The Bertz CT molecular complexity index is 338. The van der Waals surface area contributed by atoms with Crippen molar-refractivity contribution < 1.29 is 17.9 Å². The predicted octanol–water partition coefficient (Wildman–Crippen LogP) is 1.70. The van der Waals surface area contributed by atoms with Crippen LogP contribution in [-0.4, -0.2) is 28.6 Å². The van der Waals surface area contributed by atoms with Crippen LogP contribution < -0.4 is 5.73 Å². The Hall–Kier alpha value is -1.08. The van der Waals surface area contributed by atoms with Crippen LogP contribution in [0.1, 0.15) is 19.2 Å². The molecule has 0 bridgehead atoms. The highest BCUT2D eigenvalue weighted by Crippen LogP contribution is 2.16. The maximum atomic E-state index is 11.8. The molecule has 1 aromatic heterocycles. The molecule has 0 radical (unpaired) electrons. The van der Waals surface area contributed by atoms with Gasteiger partial charge in [0, 0.05) is 31.4 Å². The van der Waals surface area contributed by atoms with Crippen LogP contribution >= 0.6 is 0 Å². The molecule has 0 spiro atoms. The second-order valence-electron chi connectivity index (χ2n) is 3.70. The number of nitrogens with two attached hydrogens (primary N) is 1. The number of alkyl halides is 3. The first-order valence-electron chi connectivity index (χ1n) is 5.38. The first-order valence-corrected chi connectivity index (χ1v) is 5.38. The number of imidazole rings is 1. The van der Waals surface area contributed by atoms with Gasteiger partial charge in [0.2, 0.25) is 0 Å². The summed E-state index contributed by atoms with van der Waals surface area (Å²) in [5, 5.41) is 0. The van der Waals surface area contributed by atoms with Gasteiger partial charge in [0.15, 0.2) is 0 Å². The van der Waals surface area contributed by atoms with Crippen molar-refractivity contribution in [2.45, 2.75) is 38.7 Å². The third-order valence-corrected chi connectivity index (χ3v) is 2.37. The Labute approximate surface area is 97.6 Å². The van der Waals surface area contributed by atoms with E-state index in [2.05, 4.69) is 9.72 Å². The van der Waals surface area contributed by atoms with Crippen molar-refractivity contribution in [1.82, 2.24) is 9.55 Å². The molecule has 0 aliphatic rings. The molecule has 17 heavy (non-hydrogen) atoms. The highest BCUT2D eigenvalue weighted by molar-refractivity contribution is 4.94. The molecule has 0 saturated carbocycles. The zero-order valence-electron chi connectivity index (χ0n) is 9.57. The van der Waals surface area contributed by atoms with Crippen LogP contribution in [0.4, 0.5) is 13.2 Å². The van der Waals surface area contributed by atoms with E-state index in [1.807, 2.05) is 6.92 Å². The minimum Gasteiger partial charge on any atom is -0.333 e. The molecule has 1 rings (SSSR count). The summed E-state index contributed by atoms with van der Waals surface area (Å²) < 4.78 is 40.7. The molecular weight excluding hydrogens is 235 g/mol. The molecule has 2 N–H and O–H groups in total. The van der Waals surface area contributed by atoms with Crippen LogP contribution in [-0.2, 0) is 17.7 Å². The van der Waals surface area contributed by atoms with E-state index in [-0.39, 0.29) is 12.6 Å². The molecule has 0 aromatic carbocycles. The Morgan fingerprint density at radius 1 is 1.53 bits per heavy atom. The van der Waals surface area contributed by atoms with Gasteiger partial charge in [-0.2, -0.15) is 0 Å². The summed E-state index contributed by atoms with van der Waals surface area (Å²) >= 11 is 0. The molecular formula is C10H16F3N3O. The molecule has 0 amide bonds. The van der Waals surface area contributed by atoms with Gasteiger partial charge in [-0.05, 0) is 6.42 Å². The number of halogens is 3. The molecule has 7 heteroatoms. The third kappa shape index (κ3) is 5.18. The van der Waals surface area contributed by atoms with Gasteiger partial charge in [-0.1, -0.05) is 6.92 Å². The highest BCUT2D eigenvalue weighted by atomic mass is 19.4. The normalized spacial score (nSPS) is 13.9. The summed E-state index contributed by atoms with van der Waals surface area (Å²) in [5.41, 5.74) is 5.77. The summed E-state index contributed by atoms with van der Waals surface area (Å²) in [6, 6.07) is -0.0281. The lowest BCUT2D eigenvalue weighted by Crippen LogP contribution is -2.24. The van der Waals surface area contributed by atoms with Crippen LogP contribution in [0.2, 0.25) is 0 Å². The maximum absolute atomic E-state index is 11.8. The quantitative estimate of drug-likeness (QED) is 0.837. The molecule has 1 aromatic rings. The van der Waals surface area contributed by atoms with Crippen LogP contribution in [0.15, 0.2) is 12.4 Å². The van der Waals surface area contributed by atoms with E-state index < -0.39 is 13.0 Å². The summed E-state index contributed by atoms with van der Waals surface area (Å²) in [6.45, 7) is 1.64. The first kappa shape index (κ1) is 14.0. The van der Waals surface area contributed by atoms with Crippen molar-refractivity contribution in [1.29, 1.82) is 0 Å². The lowest BCUT2D eigenvalue weighted by molar-refractivity contribution is -0.325. The molecule has 4 nitrogen and oxygen atoms in total. The predicted molar refractivity (Wildman–Crippen MR) is 56.2 cm³/mol. The number of nitrogens with zero attached hydrogens (tertiary/aromatic N) is 2. The van der Waals surface area contributed by atoms with Crippen molar-refractivity contribution in [3.8, 4) is 0 Å². The van der Waals surface area contributed by atoms with Gasteiger partial charge < -0.3 is 10.3 Å². The monoisotopic (exact) mass is 251 g/mol. The fourth-order valence-corrected chi connectivity index (χ4v) is 1.37. The average Bonchev–Trinajstić information content (AvgIpc) is 2.64. The molecule has 0 fully saturated rings. The van der Waals surface area contributed by atoms with E-state index in [4.69, 9.17) is 5.73 Å². The Kier molecular flexibility index (Phi) is 4.95. The van der Waals surface area contributed by atoms with Gasteiger partial charge in [-0.25, -0.2) is 4.98 Å². The van der Waals surface area contributed by atoms with Crippen LogP contribution in [0, 0.1) is 0 Å². The second-order valence-corrected chi connectivity index (χ2v) is 3.70. The van der Waals surface area contributed by atoms with Crippen molar-refractivity contribution in [2.75, 3.05) is 6.61 Å². The first-order chi connectivity index (χ1) is 7.92. The number of aromatic nitrogens is 2. The number of rotatable bonds is 6. The summed E-state index contributed by atoms with van der Waals surface area (Å²) in [6.07, 6.45) is -0.0647. The van der Waals surface area contributed by atoms with Gasteiger partial charge in [-0.3, -0.25) is 4.74 Å². The number of hydrogen-bond acceptors (Lipinski definition) is 3. The van der Waals surface area contributed by atoms with E-state index in [0.29, 0.717) is 12.2 Å². The molecule has 1 heterocycles. The van der Waals surface area contributed by atoms with Gasteiger partial charge in [0.1, 0.15) is 5.82 Å². The van der Waals surface area contributed by atoms with Gasteiger partial charge in [0.25, 0.3) is 0 Å². The van der Waals surface area contributed by atoms with E-state index in [0.717, 1.165) is 6.42 Å². The van der Waals surface area contributed by atoms with E-state index >= 15 is 0 Å². The Balaban J connectivity index is 2.46. The van der Waals surface area contributed by atoms with Crippen molar-refractivity contribution in [2.24, 2.45) is 5.73 Å². The summed E-state index contributed by atoms with van der Waals surface area (Å²) in [7, 11) is 0. The fraction of sp³-hybridized carbons (Fsp3) is 0.700. The number of hydrogen-bond donors (Lipinski definition) is 1. The standard InChI is InChI=1S/C10H16F3N3O/c1-2-8(14)7-9-15-3-4-16(9)5-6-17-10(11,12)13/h3-4,8H,2,5-7,14H2,1H3. The van der Waals surface area contributed by atoms with Gasteiger partial charge >= 0.3 is 6.36 Å². The molecule has 0 saturated heterocycles. The number of ether oxygens (including phenoxy) is 1. The second kappa shape index (κ2) is 6.02. The average molecular weight is 251 g/mol. The summed E-state index contributed by atoms with van der Waals surface area (Å²) in [4.78, 5) is 4.07. The van der Waals surface area contributed by atoms with Crippen molar-refractivity contribution >= 4 is 0 Å². The zero-order valence-corrected chi connectivity index (χ0v) is 9.57. The van der Waals surface area contributed by atoms with Gasteiger partial charge in [-0.15, -0.1) is 13.2 Å².